The number of carbonyl (C=O) groups is 2. The molecule has 3 N–H and O–H groups in total. The van der Waals surface area contributed by atoms with Gasteiger partial charge in [-0.3, -0.25) is 9.59 Å². The Morgan fingerprint density at radius 2 is 1.48 bits per heavy atom. The molecule has 1 unspecified atom stereocenters. The highest BCUT2D eigenvalue weighted by molar-refractivity contribution is 7.98. The van der Waals surface area contributed by atoms with Crippen LogP contribution in [0, 0.1) is 0 Å². The molecule has 3 aromatic carbocycles. The number of hydrogen-bond donors (Lipinski definition) is 2. The first-order chi connectivity index (χ1) is 15.8. The van der Waals surface area contributed by atoms with Gasteiger partial charge >= 0.3 is 0 Å². The molecular formula is C27H30N2O3S. The fourth-order valence-corrected chi connectivity index (χ4v) is 5.23. The van der Waals surface area contributed by atoms with Gasteiger partial charge in [-0.2, -0.15) is 11.8 Å². The number of ether oxygens (including phenoxy) is 1. The molecule has 2 amide bonds. The van der Waals surface area contributed by atoms with E-state index in [0.717, 1.165) is 16.9 Å². The molecule has 0 saturated carbocycles. The number of nitrogens with two attached hydrogens (primary N) is 1. The monoisotopic (exact) mass is 462 g/mol. The molecule has 1 atom stereocenters. The highest BCUT2D eigenvalue weighted by Crippen LogP contribution is 2.38. The molecular weight excluding hydrogens is 432 g/mol. The minimum absolute atomic E-state index is 0.314. The fourth-order valence-electron chi connectivity index (χ4n) is 3.81. The lowest BCUT2D eigenvalue weighted by Gasteiger charge is -2.45. The van der Waals surface area contributed by atoms with Gasteiger partial charge in [0.15, 0.2) is 0 Å². The predicted octanol–water partition coefficient (Wildman–Crippen LogP) is 4.56. The molecule has 6 heteroatoms. The Morgan fingerprint density at radius 3 is 2.03 bits per heavy atom. The van der Waals surface area contributed by atoms with Crippen molar-refractivity contribution in [3.8, 4) is 5.75 Å². The molecule has 3 rings (SSSR count). The van der Waals surface area contributed by atoms with E-state index in [1.165, 1.54) is 0 Å². The molecule has 0 aliphatic carbocycles. The maximum Gasteiger partial charge on any atom is 0.252 e. The summed E-state index contributed by atoms with van der Waals surface area (Å²) in [6.45, 7) is 3.90. The molecule has 172 valence electrons. The first-order valence-electron chi connectivity index (χ1n) is 10.7. The van der Waals surface area contributed by atoms with Gasteiger partial charge in [0.1, 0.15) is 11.3 Å². The highest BCUT2D eigenvalue weighted by atomic mass is 32.2. The van der Waals surface area contributed by atoms with E-state index in [0.29, 0.717) is 17.1 Å². The molecule has 0 aliphatic heterocycles. The van der Waals surface area contributed by atoms with Crippen molar-refractivity contribution in [1.29, 1.82) is 0 Å². The summed E-state index contributed by atoms with van der Waals surface area (Å²) in [4.78, 5) is 26.3. The van der Waals surface area contributed by atoms with Crippen LogP contribution in [-0.2, 0) is 16.0 Å². The Balaban J connectivity index is 1.93. The number of benzene rings is 3. The number of thioether (sulfide) groups is 1. The van der Waals surface area contributed by atoms with Crippen LogP contribution in [0.4, 0.5) is 0 Å². The van der Waals surface area contributed by atoms with Gasteiger partial charge in [0.2, 0.25) is 5.91 Å². The van der Waals surface area contributed by atoms with Crippen molar-refractivity contribution in [3.63, 3.8) is 0 Å². The molecule has 33 heavy (non-hydrogen) atoms. The van der Waals surface area contributed by atoms with Crippen molar-refractivity contribution in [1.82, 2.24) is 5.32 Å². The van der Waals surface area contributed by atoms with Gasteiger partial charge in [-0.25, -0.2) is 0 Å². The third kappa shape index (κ3) is 5.40. The molecule has 3 aromatic rings. The van der Waals surface area contributed by atoms with Gasteiger partial charge in [0.05, 0.1) is 7.11 Å². The molecule has 0 aromatic heterocycles. The van der Waals surface area contributed by atoms with Gasteiger partial charge in [-0.1, -0.05) is 74.5 Å². The van der Waals surface area contributed by atoms with E-state index >= 15 is 0 Å². The van der Waals surface area contributed by atoms with Crippen LogP contribution < -0.4 is 15.8 Å². The number of nitrogens with one attached hydrogen (secondary N) is 1. The SMILES string of the molecule is COc1ccc(CSCC(NC(=O)c2ccccc2)(C(N)=O)C(C)(C)c2ccccc2)cc1. The second-order valence-electron chi connectivity index (χ2n) is 8.42. The standard InChI is InChI=1S/C27H30N2O3S/c1-26(2,22-12-8-5-9-13-22)27(25(28)31,29-24(30)21-10-6-4-7-11-21)19-33-18-20-14-16-23(32-3)17-15-20/h4-17H,18-19H2,1-3H3,(H2,28,31)(H,29,30). The Labute approximate surface area is 199 Å². The van der Waals surface area contributed by atoms with E-state index in [4.69, 9.17) is 10.5 Å². The molecule has 0 aliphatic rings. The maximum absolute atomic E-state index is 13.2. The Hall–Kier alpha value is -3.25. The minimum atomic E-state index is -1.32. The van der Waals surface area contributed by atoms with Crippen molar-refractivity contribution in [2.45, 2.75) is 30.6 Å². The lowest BCUT2D eigenvalue weighted by molar-refractivity contribution is -0.125. The quantitative estimate of drug-likeness (QED) is 0.463. The van der Waals surface area contributed by atoms with Gasteiger partial charge < -0.3 is 15.8 Å². The Morgan fingerprint density at radius 1 is 0.909 bits per heavy atom. The van der Waals surface area contributed by atoms with E-state index in [1.807, 2.05) is 74.5 Å². The van der Waals surface area contributed by atoms with Gasteiger partial charge in [0, 0.05) is 22.5 Å². The number of rotatable bonds is 10. The fraction of sp³-hybridized carbons (Fsp3) is 0.259. The second-order valence-corrected chi connectivity index (χ2v) is 9.41. The largest absolute Gasteiger partial charge is 0.497 e. The lowest BCUT2D eigenvalue weighted by atomic mass is 9.68. The zero-order valence-corrected chi connectivity index (χ0v) is 20.0. The minimum Gasteiger partial charge on any atom is -0.497 e. The van der Waals surface area contributed by atoms with E-state index in [2.05, 4.69) is 5.32 Å². The summed E-state index contributed by atoms with van der Waals surface area (Å²) < 4.78 is 5.22. The maximum atomic E-state index is 13.2. The summed E-state index contributed by atoms with van der Waals surface area (Å²) in [6.07, 6.45) is 0. The molecule has 0 bridgehead atoms. The number of amides is 2. The molecule has 0 saturated heterocycles. The normalized spacial score (nSPS) is 13.1. The molecule has 5 nitrogen and oxygen atoms in total. The smallest absolute Gasteiger partial charge is 0.252 e. The summed E-state index contributed by atoms with van der Waals surface area (Å²) >= 11 is 1.56. The summed E-state index contributed by atoms with van der Waals surface area (Å²) in [5.41, 5.74) is 6.45. The van der Waals surface area contributed by atoms with Crippen molar-refractivity contribution in [2.24, 2.45) is 5.73 Å². The summed E-state index contributed by atoms with van der Waals surface area (Å²) in [7, 11) is 1.63. The number of hydrogen-bond acceptors (Lipinski definition) is 4. The third-order valence-electron chi connectivity index (χ3n) is 6.09. The summed E-state index contributed by atoms with van der Waals surface area (Å²) in [5.74, 6) is 0.863. The zero-order valence-electron chi connectivity index (χ0n) is 19.2. The molecule has 0 radical (unpaired) electrons. The van der Waals surface area contributed by atoms with Gasteiger partial charge in [-0.05, 0) is 35.4 Å². The Bertz CT molecular complexity index is 1070. The molecule has 0 heterocycles. The van der Waals surface area contributed by atoms with Gasteiger partial charge in [-0.15, -0.1) is 0 Å². The zero-order chi connectivity index (χ0) is 23.9. The first kappa shape index (κ1) is 24.4. The van der Waals surface area contributed by atoms with Crippen LogP contribution in [0.1, 0.15) is 35.3 Å². The van der Waals surface area contributed by atoms with E-state index in [9.17, 15) is 9.59 Å². The third-order valence-corrected chi connectivity index (χ3v) is 7.27. The highest BCUT2D eigenvalue weighted by Gasteiger charge is 2.52. The van der Waals surface area contributed by atoms with Gasteiger partial charge in [0.25, 0.3) is 5.91 Å². The van der Waals surface area contributed by atoms with Crippen molar-refractivity contribution in [3.05, 3.63) is 102 Å². The lowest BCUT2D eigenvalue weighted by Crippen LogP contribution is -2.69. The van der Waals surface area contributed by atoms with Crippen LogP contribution in [0.2, 0.25) is 0 Å². The average Bonchev–Trinajstić information content (AvgIpc) is 2.84. The topological polar surface area (TPSA) is 81.4 Å². The van der Waals surface area contributed by atoms with Crippen LogP contribution in [0.5, 0.6) is 5.75 Å². The van der Waals surface area contributed by atoms with E-state index in [1.54, 1.807) is 43.1 Å². The summed E-state index contributed by atoms with van der Waals surface area (Å²) in [6, 6.07) is 26.4. The van der Waals surface area contributed by atoms with E-state index in [-0.39, 0.29) is 5.91 Å². The van der Waals surface area contributed by atoms with Crippen LogP contribution in [-0.4, -0.2) is 30.2 Å². The first-order valence-corrected chi connectivity index (χ1v) is 11.9. The average molecular weight is 463 g/mol. The summed E-state index contributed by atoms with van der Waals surface area (Å²) in [5, 5.41) is 3.04. The molecule has 0 spiro atoms. The predicted molar refractivity (Wildman–Crippen MR) is 134 cm³/mol. The second kappa shape index (κ2) is 10.6. The van der Waals surface area contributed by atoms with Crippen LogP contribution in [0.3, 0.4) is 0 Å². The number of primary amides is 1. The number of carbonyl (C=O) groups excluding carboxylic acids is 2. The van der Waals surface area contributed by atoms with Crippen molar-refractivity contribution >= 4 is 23.6 Å². The Kier molecular flexibility index (Phi) is 7.82. The van der Waals surface area contributed by atoms with Crippen molar-refractivity contribution in [2.75, 3.05) is 12.9 Å². The van der Waals surface area contributed by atoms with E-state index < -0.39 is 16.9 Å². The van der Waals surface area contributed by atoms with Crippen molar-refractivity contribution < 1.29 is 14.3 Å². The number of methoxy groups -OCH3 is 1. The molecule has 0 fully saturated rings. The van der Waals surface area contributed by atoms with Crippen LogP contribution >= 0.6 is 11.8 Å². The van der Waals surface area contributed by atoms with Crippen LogP contribution in [0.25, 0.3) is 0 Å². The van der Waals surface area contributed by atoms with Crippen LogP contribution in [0.15, 0.2) is 84.9 Å².